The summed E-state index contributed by atoms with van der Waals surface area (Å²) in [5, 5.41) is 2.88. The maximum atomic E-state index is 13.2. The Kier molecular flexibility index (Phi) is 9.86. The van der Waals surface area contributed by atoms with Gasteiger partial charge >= 0.3 is 6.18 Å². The van der Waals surface area contributed by atoms with Gasteiger partial charge in [0.1, 0.15) is 11.5 Å². The van der Waals surface area contributed by atoms with Crippen molar-refractivity contribution >= 4 is 18.1 Å². The maximum Gasteiger partial charge on any atom is 0.416 e. The number of benzene rings is 5. The van der Waals surface area contributed by atoms with Gasteiger partial charge in [-0.1, -0.05) is 74.5 Å². The fourth-order valence-electron chi connectivity index (χ4n) is 5.15. The van der Waals surface area contributed by atoms with Crippen LogP contribution in [0, 0.1) is 0 Å². The van der Waals surface area contributed by atoms with E-state index in [0.717, 1.165) is 28.3 Å². The van der Waals surface area contributed by atoms with Gasteiger partial charge in [0.15, 0.2) is 5.75 Å². The Balaban J connectivity index is 1.37. The van der Waals surface area contributed by atoms with Crippen LogP contribution in [0.15, 0.2) is 115 Å². The lowest BCUT2D eigenvalue weighted by atomic mass is 9.90. The standard InChI is InChI=1S/C38H32F3NO4/c1-25(2)33-22-35(42-37(44)28-16-18-32(19-17-28)46-31-12-4-3-5-13-31)36(45-24-43)23-34(33)29-10-6-8-26(20-29)14-15-27-9-7-11-30(21-27)38(39,40)41/h3-13,16-25H,14-15H2,1-2H3,(H,42,44). The zero-order valence-electron chi connectivity index (χ0n) is 25.3. The average molecular weight is 624 g/mol. The van der Waals surface area contributed by atoms with Crippen molar-refractivity contribution in [1.29, 1.82) is 0 Å². The largest absolute Gasteiger partial charge is 0.457 e. The van der Waals surface area contributed by atoms with Crippen LogP contribution in [0.1, 0.15) is 52.4 Å². The summed E-state index contributed by atoms with van der Waals surface area (Å²) in [6.45, 7) is 4.35. The highest BCUT2D eigenvalue weighted by atomic mass is 19.4. The van der Waals surface area contributed by atoms with E-state index in [9.17, 15) is 22.8 Å². The highest BCUT2D eigenvalue weighted by Crippen LogP contribution is 2.38. The van der Waals surface area contributed by atoms with Gasteiger partial charge < -0.3 is 14.8 Å². The second-order valence-corrected chi connectivity index (χ2v) is 11.1. The van der Waals surface area contributed by atoms with E-state index in [0.29, 0.717) is 47.6 Å². The van der Waals surface area contributed by atoms with Crippen molar-refractivity contribution in [3.05, 3.63) is 143 Å². The third kappa shape index (κ3) is 8.01. The molecule has 0 atom stereocenters. The lowest BCUT2D eigenvalue weighted by Crippen LogP contribution is -2.13. The van der Waals surface area contributed by atoms with Gasteiger partial charge in [-0.25, -0.2) is 0 Å². The van der Waals surface area contributed by atoms with Crippen LogP contribution in [-0.4, -0.2) is 12.4 Å². The molecule has 5 rings (SSSR count). The molecule has 5 nitrogen and oxygen atoms in total. The van der Waals surface area contributed by atoms with E-state index in [1.807, 2.05) is 68.4 Å². The van der Waals surface area contributed by atoms with Crippen LogP contribution in [0.4, 0.5) is 18.9 Å². The number of para-hydroxylation sites is 1. The number of aryl methyl sites for hydroxylation is 2. The van der Waals surface area contributed by atoms with Crippen LogP contribution >= 0.6 is 0 Å². The summed E-state index contributed by atoms with van der Waals surface area (Å²) in [6.07, 6.45) is -3.42. The van der Waals surface area contributed by atoms with Crippen molar-refractivity contribution in [2.45, 2.75) is 38.8 Å². The van der Waals surface area contributed by atoms with Gasteiger partial charge in [0.05, 0.1) is 11.3 Å². The lowest BCUT2D eigenvalue weighted by molar-refractivity contribution is -0.137. The molecule has 0 saturated heterocycles. The topological polar surface area (TPSA) is 64.6 Å². The van der Waals surface area contributed by atoms with E-state index in [4.69, 9.17) is 9.47 Å². The first-order chi connectivity index (χ1) is 22.1. The summed E-state index contributed by atoms with van der Waals surface area (Å²) < 4.78 is 50.6. The van der Waals surface area contributed by atoms with E-state index >= 15 is 0 Å². The fraction of sp³-hybridized carbons (Fsp3) is 0.158. The smallest absolute Gasteiger partial charge is 0.416 e. The van der Waals surface area contributed by atoms with Gasteiger partial charge in [0.2, 0.25) is 0 Å². The minimum Gasteiger partial charge on any atom is -0.457 e. The van der Waals surface area contributed by atoms with E-state index in [1.54, 1.807) is 42.5 Å². The molecule has 0 unspecified atom stereocenters. The molecule has 8 heteroatoms. The quantitative estimate of drug-likeness (QED) is 0.149. The van der Waals surface area contributed by atoms with E-state index < -0.39 is 11.7 Å². The molecule has 0 saturated carbocycles. The third-order valence-electron chi connectivity index (χ3n) is 7.49. The number of halogens is 3. The Labute approximate surface area is 265 Å². The zero-order valence-corrected chi connectivity index (χ0v) is 25.3. The molecule has 1 amide bonds. The van der Waals surface area contributed by atoms with Crippen molar-refractivity contribution in [3.63, 3.8) is 0 Å². The summed E-state index contributed by atoms with van der Waals surface area (Å²) in [5.74, 6) is 1.09. The number of alkyl halides is 3. The minimum absolute atomic E-state index is 0.0408. The van der Waals surface area contributed by atoms with Crippen LogP contribution in [0.25, 0.3) is 11.1 Å². The molecule has 0 aliphatic heterocycles. The molecule has 0 aliphatic carbocycles. The number of carbonyl (C=O) groups excluding carboxylic acids is 2. The van der Waals surface area contributed by atoms with Crippen LogP contribution in [0.2, 0.25) is 0 Å². The molecule has 0 heterocycles. The average Bonchev–Trinajstić information content (AvgIpc) is 3.05. The first-order valence-corrected chi connectivity index (χ1v) is 14.8. The van der Waals surface area contributed by atoms with Crippen LogP contribution in [-0.2, 0) is 23.8 Å². The van der Waals surface area contributed by atoms with E-state index in [2.05, 4.69) is 5.32 Å². The summed E-state index contributed by atoms with van der Waals surface area (Å²) in [6, 6.07) is 32.6. The fourth-order valence-corrected chi connectivity index (χ4v) is 5.15. The molecule has 5 aromatic carbocycles. The van der Waals surface area contributed by atoms with Crippen molar-refractivity contribution in [3.8, 4) is 28.4 Å². The Morgan fingerprint density at radius 3 is 2.09 bits per heavy atom. The molecular formula is C38H32F3NO4. The molecule has 1 N–H and O–H groups in total. The second-order valence-electron chi connectivity index (χ2n) is 11.1. The first kappa shape index (κ1) is 32.0. The summed E-state index contributed by atoms with van der Waals surface area (Å²) in [5.41, 5.74) is 4.19. The monoisotopic (exact) mass is 623 g/mol. The number of amides is 1. The number of hydrogen-bond acceptors (Lipinski definition) is 4. The Morgan fingerprint density at radius 1 is 0.783 bits per heavy atom. The SMILES string of the molecule is CC(C)c1cc(NC(=O)c2ccc(Oc3ccccc3)cc2)c(OC=O)cc1-c1cccc(CCc2cccc(C(F)(F)F)c2)c1. The Morgan fingerprint density at radius 2 is 1.43 bits per heavy atom. The predicted molar refractivity (Wildman–Crippen MR) is 172 cm³/mol. The van der Waals surface area contributed by atoms with Crippen molar-refractivity contribution < 1.29 is 32.2 Å². The molecule has 5 aromatic rings. The molecule has 0 aliphatic rings. The molecule has 0 aromatic heterocycles. The molecular weight excluding hydrogens is 591 g/mol. The van der Waals surface area contributed by atoms with Crippen molar-refractivity contribution in [2.75, 3.05) is 5.32 Å². The number of anilines is 1. The highest BCUT2D eigenvalue weighted by Gasteiger charge is 2.30. The number of rotatable bonds is 11. The van der Waals surface area contributed by atoms with Crippen molar-refractivity contribution in [1.82, 2.24) is 0 Å². The van der Waals surface area contributed by atoms with E-state index in [-0.39, 0.29) is 17.6 Å². The van der Waals surface area contributed by atoms with Crippen LogP contribution in [0.5, 0.6) is 17.2 Å². The van der Waals surface area contributed by atoms with E-state index in [1.165, 1.54) is 12.1 Å². The summed E-state index contributed by atoms with van der Waals surface area (Å²) in [7, 11) is 0. The van der Waals surface area contributed by atoms with Gasteiger partial charge in [0.25, 0.3) is 12.4 Å². The molecule has 46 heavy (non-hydrogen) atoms. The lowest BCUT2D eigenvalue weighted by Gasteiger charge is -2.19. The molecule has 0 bridgehead atoms. The number of nitrogens with one attached hydrogen (secondary N) is 1. The highest BCUT2D eigenvalue weighted by molar-refractivity contribution is 6.05. The van der Waals surface area contributed by atoms with Crippen molar-refractivity contribution in [2.24, 2.45) is 0 Å². The first-order valence-electron chi connectivity index (χ1n) is 14.8. The van der Waals surface area contributed by atoms with Gasteiger partial charge in [-0.3, -0.25) is 9.59 Å². The minimum atomic E-state index is -4.39. The Bertz CT molecular complexity index is 1820. The van der Waals surface area contributed by atoms with Gasteiger partial charge in [-0.15, -0.1) is 0 Å². The number of carbonyl (C=O) groups is 2. The molecule has 0 spiro atoms. The third-order valence-corrected chi connectivity index (χ3v) is 7.49. The Hall–Kier alpha value is -5.37. The maximum absolute atomic E-state index is 13.2. The normalized spacial score (nSPS) is 11.3. The van der Waals surface area contributed by atoms with Gasteiger partial charge in [0, 0.05) is 5.56 Å². The van der Waals surface area contributed by atoms with Crippen LogP contribution in [0.3, 0.4) is 0 Å². The molecule has 0 fully saturated rings. The molecule has 234 valence electrons. The van der Waals surface area contributed by atoms with Gasteiger partial charge in [-0.2, -0.15) is 13.2 Å². The summed E-state index contributed by atoms with van der Waals surface area (Å²) in [4.78, 5) is 24.7. The molecule has 0 radical (unpaired) electrons. The predicted octanol–water partition coefficient (Wildman–Crippen LogP) is 9.86. The second kappa shape index (κ2) is 14.2. The van der Waals surface area contributed by atoms with Crippen LogP contribution < -0.4 is 14.8 Å². The number of hydrogen-bond donors (Lipinski definition) is 1. The zero-order chi connectivity index (χ0) is 32.7. The summed E-state index contributed by atoms with van der Waals surface area (Å²) >= 11 is 0. The van der Waals surface area contributed by atoms with Gasteiger partial charge in [-0.05, 0) is 101 Å². The number of ether oxygens (including phenoxy) is 2.